The number of rotatable bonds is 4. The third-order valence-electron chi connectivity index (χ3n) is 4.62. The second kappa shape index (κ2) is 7.47. The number of ether oxygens (including phenoxy) is 2. The number of carbonyl (C=O) groups excluding carboxylic acids is 2. The molecule has 0 aliphatic heterocycles. The number of phenolic OH excluding ortho intramolecular Hbond substituents is 2. The van der Waals surface area contributed by atoms with Crippen LogP contribution in [0.5, 0.6) is 23.0 Å². The van der Waals surface area contributed by atoms with Crippen molar-refractivity contribution in [1.29, 1.82) is 0 Å². The Morgan fingerprint density at radius 1 is 0.731 bits per heavy atom. The van der Waals surface area contributed by atoms with Crippen LogP contribution in [-0.4, -0.2) is 22.2 Å². The number of phenols is 2. The number of hydrogen-bond acceptors (Lipinski definition) is 6. The van der Waals surface area contributed by atoms with Gasteiger partial charge in [-0.25, -0.2) is 0 Å². The van der Waals surface area contributed by atoms with Crippen molar-refractivity contribution >= 4 is 11.9 Å². The first-order valence-corrected chi connectivity index (χ1v) is 8.53. The van der Waals surface area contributed by atoms with E-state index < -0.39 is 17.4 Å². The normalized spacial score (nSPS) is 15.8. The third kappa shape index (κ3) is 3.49. The van der Waals surface area contributed by atoms with Crippen LogP contribution in [0.15, 0.2) is 48.5 Å². The van der Waals surface area contributed by atoms with Gasteiger partial charge in [0.1, 0.15) is 0 Å². The Morgan fingerprint density at radius 2 is 1.15 bits per heavy atom. The lowest BCUT2D eigenvalue weighted by molar-refractivity contribution is -0.163. The molecule has 0 spiro atoms. The minimum atomic E-state index is -1.46. The molecule has 6 heteroatoms. The van der Waals surface area contributed by atoms with Gasteiger partial charge >= 0.3 is 11.9 Å². The van der Waals surface area contributed by atoms with Gasteiger partial charge in [0.15, 0.2) is 28.4 Å². The van der Waals surface area contributed by atoms with Crippen LogP contribution in [0.1, 0.15) is 32.1 Å². The lowest BCUT2D eigenvalue weighted by Gasteiger charge is -2.32. The first kappa shape index (κ1) is 17.8. The molecule has 0 saturated heterocycles. The second-order valence-corrected chi connectivity index (χ2v) is 6.36. The molecule has 2 aromatic carbocycles. The van der Waals surface area contributed by atoms with Crippen LogP contribution in [0.3, 0.4) is 0 Å². The van der Waals surface area contributed by atoms with Crippen LogP contribution in [0.4, 0.5) is 0 Å². The molecule has 2 aromatic rings. The monoisotopic (exact) mass is 356 g/mol. The van der Waals surface area contributed by atoms with Gasteiger partial charge in [0.25, 0.3) is 0 Å². The van der Waals surface area contributed by atoms with Crippen LogP contribution < -0.4 is 9.47 Å². The Balaban J connectivity index is 1.86. The largest absolute Gasteiger partial charge is 0.504 e. The first-order valence-electron chi connectivity index (χ1n) is 8.53. The summed E-state index contributed by atoms with van der Waals surface area (Å²) in [4.78, 5) is 25.7. The van der Waals surface area contributed by atoms with Gasteiger partial charge in [-0.1, -0.05) is 43.5 Å². The van der Waals surface area contributed by atoms with Gasteiger partial charge in [-0.2, -0.15) is 0 Å². The number of hydrogen-bond donors (Lipinski definition) is 2. The lowest BCUT2D eigenvalue weighted by Crippen LogP contribution is -2.46. The fourth-order valence-electron chi connectivity index (χ4n) is 3.13. The molecule has 1 fully saturated rings. The van der Waals surface area contributed by atoms with Crippen LogP contribution in [0, 0.1) is 5.41 Å². The van der Waals surface area contributed by atoms with E-state index in [1.807, 2.05) is 0 Å². The predicted octanol–water partition coefficient (Wildman–Crippen LogP) is 3.56. The average molecular weight is 356 g/mol. The molecular weight excluding hydrogens is 336 g/mol. The highest BCUT2D eigenvalue weighted by Crippen LogP contribution is 2.41. The van der Waals surface area contributed by atoms with Gasteiger partial charge in [0.2, 0.25) is 0 Å². The Bertz CT molecular complexity index is 746. The molecule has 6 nitrogen and oxygen atoms in total. The van der Waals surface area contributed by atoms with Crippen molar-refractivity contribution in [2.75, 3.05) is 0 Å². The summed E-state index contributed by atoms with van der Waals surface area (Å²) in [7, 11) is 0. The SMILES string of the molecule is O=C(Oc1ccccc1O)C1(C(=O)Oc2ccccc2O)CCCCC1. The summed E-state index contributed by atoms with van der Waals surface area (Å²) in [5.74, 6) is -1.87. The van der Waals surface area contributed by atoms with Crippen LogP contribution in [0.25, 0.3) is 0 Å². The summed E-state index contributed by atoms with van der Waals surface area (Å²) < 4.78 is 10.6. The van der Waals surface area contributed by atoms with E-state index in [0.29, 0.717) is 25.7 Å². The van der Waals surface area contributed by atoms with Gasteiger partial charge < -0.3 is 19.7 Å². The van der Waals surface area contributed by atoms with E-state index in [4.69, 9.17) is 9.47 Å². The van der Waals surface area contributed by atoms with Crippen molar-refractivity contribution < 1.29 is 29.3 Å². The maximum absolute atomic E-state index is 12.9. The van der Waals surface area contributed by atoms with Gasteiger partial charge in [0, 0.05) is 0 Å². The maximum Gasteiger partial charge on any atom is 0.329 e. The fraction of sp³-hybridized carbons (Fsp3) is 0.300. The standard InChI is InChI=1S/C20H20O6/c21-14-8-2-4-10-16(14)25-18(23)20(12-6-1-7-13-20)19(24)26-17-11-5-3-9-15(17)22/h2-5,8-11,21-22H,1,6-7,12-13H2. The molecule has 0 amide bonds. The molecule has 0 heterocycles. The second-order valence-electron chi connectivity index (χ2n) is 6.36. The first-order chi connectivity index (χ1) is 12.5. The molecule has 1 aliphatic rings. The molecule has 0 bridgehead atoms. The minimum absolute atomic E-state index is 0.00203. The zero-order chi connectivity index (χ0) is 18.6. The zero-order valence-corrected chi connectivity index (χ0v) is 14.2. The molecule has 2 N–H and O–H groups in total. The smallest absolute Gasteiger partial charge is 0.329 e. The molecule has 0 aromatic heterocycles. The van der Waals surface area contributed by atoms with Crippen molar-refractivity contribution in [3.63, 3.8) is 0 Å². The summed E-state index contributed by atoms with van der Waals surface area (Å²) in [5.41, 5.74) is -1.46. The van der Waals surface area contributed by atoms with Crippen molar-refractivity contribution in [2.24, 2.45) is 5.41 Å². The molecule has 0 atom stereocenters. The molecule has 0 unspecified atom stereocenters. The third-order valence-corrected chi connectivity index (χ3v) is 4.62. The Hall–Kier alpha value is -3.02. The Morgan fingerprint density at radius 3 is 1.58 bits per heavy atom. The predicted molar refractivity (Wildman–Crippen MR) is 93.0 cm³/mol. The van der Waals surface area contributed by atoms with E-state index in [0.717, 1.165) is 6.42 Å². The van der Waals surface area contributed by atoms with E-state index in [1.54, 1.807) is 24.3 Å². The number of aromatic hydroxyl groups is 2. The van der Waals surface area contributed by atoms with Crippen LogP contribution in [-0.2, 0) is 9.59 Å². The van der Waals surface area contributed by atoms with Crippen LogP contribution in [0.2, 0.25) is 0 Å². The molecule has 3 rings (SSSR count). The quantitative estimate of drug-likeness (QED) is 0.494. The summed E-state index contributed by atoms with van der Waals surface area (Å²) in [5, 5.41) is 19.7. The average Bonchev–Trinajstić information content (AvgIpc) is 2.66. The Kier molecular flexibility index (Phi) is 5.11. The van der Waals surface area contributed by atoms with Gasteiger partial charge in [-0.3, -0.25) is 9.59 Å². The highest BCUT2D eigenvalue weighted by molar-refractivity contribution is 6.02. The van der Waals surface area contributed by atoms with E-state index in [9.17, 15) is 19.8 Å². The highest BCUT2D eigenvalue weighted by atomic mass is 16.6. The van der Waals surface area contributed by atoms with Crippen molar-refractivity contribution in [3.05, 3.63) is 48.5 Å². The number of carbonyl (C=O) groups is 2. The van der Waals surface area contributed by atoms with Gasteiger partial charge in [-0.15, -0.1) is 0 Å². The van der Waals surface area contributed by atoms with Crippen LogP contribution >= 0.6 is 0 Å². The molecule has 1 aliphatic carbocycles. The van der Waals surface area contributed by atoms with Gasteiger partial charge in [-0.05, 0) is 37.1 Å². The minimum Gasteiger partial charge on any atom is -0.504 e. The van der Waals surface area contributed by atoms with Crippen molar-refractivity contribution in [3.8, 4) is 23.0 Å². The summed E-state index contributed by atoms with van der Waals surface area (Å²) in [6, 6.07) is 12.2. The fourth-order valence-corrected chi connectivity index (χ4v) is 3.13. The summed E-state index contributed by atoms with van der Waals surface area (Å²) >= 11 is 0. The van der Waals surface area contributed by atoms with Gasteiger partial charge in [0.05, 0.1) is 0 Å². The van der Waals surface area contributed by atoms with Crippen molar-refractivity contribution in [1.82, 2.24) is 0 Å². The molecular formula is C20H20O6. The molecule has 1 saturated carbocycles. The van der Waals surface area contributed by atoms with E-state index in [-0.39, 0.29) is 23.0 Å². The zero-order valence-electron chi connectivity index (χ0n) is 14.2. The lowest BCUT2D eigenvalue weighted by atomic mass is 9.74. The molecule has 0 radical (unpaired) electrons. The number of benzene rings is 2. The highest BCUT2D eigenvalue weighted by Gasteiger charge is 2.50. The topological polar surface area (TPSA) is 93.1 Å². The maximum atomic E-state index is 12.9. The summed E-state index contributed by atoms with van der Waals surface area (Å²) in [6.45, 7) is 0. The van der Waals surface area contributed by atoms with E-state index in [1.165, 1.54) is 24.3 Å². The summed E-state index contributed by atoms with van der Waals surface area (Å²) in [6.07, 6.45) is 2.88. The Labute approximate surface area is 151 Å². The molecule has 26 heavy (non-hydrogen) atoms. The van der Waals surface area contributed by atoms with E-state index in [2.05, 4.69) is 0 Å². The number of esters is 2. The number of para-hydroxylation sites is 4. The van der Waals surface area contributed by atoms with Crippen molar-refractivity contribution in [2.45, 2.75) is 32.1 Å². The van der Waals surface area contributed by atoms with E-state index >= 15 is 0 Å². The molecule has 136 valence electrons.